The number of Topliss-reactive ketones (excluding diaryl/α,β-unsaturated/α-hetero) is 1. The molecule has 0 heterocycles. The fourth-order valence-corrected chi connectivity index (χ4v) is 2.09. The second kappa shape index (κ2) is 5.21. The summed E-state index contributed by atoms with van der Waals surface area (Å²) in [6, 6.07) is 4.92. The van der Waals surface area contributed by atoms with Gasteiger partial charge < -0.3 is 0 Å². The lowest BCUT2D eigenvalue weighted by molar-refractivity contribution is -0.384. The molecule has 1 atom stereocenters. The molecule has 0 fully saturated rings. The number of ketones is 1. The Morgan fingerprint density at radius 3 is 2.50 bits per heavy atom. The number of rotatable bonds is 4. The summed E-state index contributed by atoms with van der Waals surface area (Å²) in [7, 11) is -3.70. The van der Waals surface area contributed by atoms with Crippen LogP contribution in [0, 0.1) is 10.1 Å². The number of sulfone groups is 1. The van der Waals surface area contributed by atoms with Crippen molar-refractivity contribution >= 4 is 59.8 Å². The Labute approximate surface area is 125 Å². The van der Waals surface area contributed by atoms with E-state index in [2.05, 4.69) is 15.9 Å². The number of alkyl halides is 2. The number of carbonyl (C=O) groups is 1. The molecule has 18 heavy (non-hydrogen) atoms. The lowest BCUT2D eigenvalue weighted by Gasteiger charge is -2.16. The van der Waals surface area contributed by atoms with E-state index >= 15 is 0 Å². The zero-order valence-corrected chi connectivity index (χ0v) is 13.5. The van der Waals surface area contributed by atoms with E-state index in [4.69, 9.17) is 0 Å². The number of carbonyl (C=O) groups excluding carboxylic acids is 1. The molecular weight excluding hydrogens is 441 g/mol. The molecule has 0 spiro atoms. The number of halogens is 2. The van der Waals surface area contributed by atoms with Crippen LogP contribution in [0.25, 0.3) is 0 Å². The molecule has 0 bridgehead atoms. The molecule has 1 aromatic rings. The predicted octanol–water partition coefficient (Wildman–Crippen LogP) is 2.31. The summed E-state index contributed by atoms with van der Waals surface area (Å²) in [6.45, 7) is 0. The van der Waals surface area contributed by atoms with Crippen molar-refractivity contribution in [1.29, 1.82) is 0 Å². The van der Waals surface area contributed by atoms with E-state index in [1.54, 1.807) is 0 Å². The molecule has 0 aliphatic carbocycles. The van der Waals surface area contributed by atoms with Crippen LogP contribution in [0.5, 0.6) is 0 Å². The molecule has 0 saturated carbocycles. The molecule has 0 amide bonds. The Morgan fingerprint density at radius 2 is 2.06 bits per heavy atom. The van der Waals surface area contributed by atoms with Crippen molar-refractivity contribution in [3.05, 3.63) is 39.9 Å². The van der Waals surface area contributed by atoms with Gasteiger partial charge in [0.15, 0.2) is 9.84 Å². The highest BCUT2D eigenvalue weighted by Crippen LogP contribution is 2.36. The maximum absolute atomic E-state index is 12.0. The van der Waals surface area contributed by atoms with Crippen LogP contribution >= 0.6 is 38.5 Å². The second-order valence-corrected chi connectivity index (χ2v) is 11.1. The number of non-ortho nitro benzene ring substituents is 1. The third kappa shape index (κ3) is 3.06. The number of hydrogen-bond acceptors (Lipinski definition) is 5. The molecule has 0 saturated heterocycles. The van der Waals surface area contributed by atoms with Gasteiger partial charge in [0, 0.05) is 24.0 Å². The summed E-state index contributed by atoms with van der Waals surface area (Å²) < 4.78 is 21.1. The molecule has 6 nitrogen and oxygen atoms in total. The van der Waals surface area contributed by atoms with E-state index < -0.39 is 22.2 Å². The minimum atomic E-state index is -3.70. The molecule has 9 heteroatoms. The summed E-state index contributed by atoms with van der Waals surface area (Å²) >= 11 is 4.30. The van der Waals surface area contributed by atoms with Gasteiger partial charge in [-0.05, 0) is 38.5 Å². The van der Waals surface area contributed by atoms with Crippen molar-refractivity contribution in [3.8, 4) is 0 Å². The Kier molecular flexibility index (Phi) is 4.49. The van der Waals surface area contributed by atoms with Crippen molar-refractivity contribution in [2.75, 3.05) is 6.26 Å². The van der Waals surface area contributed by atoms with Gasteiger partial charge >= 0.3 is 0 Å². The Hall–Kier alpha value is -0.550. The molecule has 0 N–H and O–H groups in total. The molecule has 1 aromatic carbocycles. The zero-order chi connectivity index (χ0) is 14.1. The van der Waals surface area contributed by atoms with Crippen molar-refractivity contribution in [3.63, 3.8) is 0 Å². The number of hydrogen-bond donors (Lipinski definition) is 0. The SMILES string of the molecule is CS(=O)(=O)C(Br)(I)C(=O)c1cccc([N+](=O)[O-])c1. The predicted molar refractivity (Wildman–Crippen MR) is 77.9 cm³/mol. The highest BCUT2D eigenvalue weighted by molar-refractivity contribution is 14.1. The third-order valence-corrected chi connectivity index (χ3v) is 8.18. The topological polar surface area (TPSA) is 94.3 Å². The summed E-state index contributed by atoms with van der Waals surface area (Å²) in [5, 5.41) is 10.6. The van der Waals surface area contributed by atoms with Crippen LogP contribution in [0.3, 0.4) is 0 Å². The second-order valence-electron chi connectivity index (χ2n) is 3.43. The average molecular weight is 448 g/mol. The van der Waals surface area contributed by atoms with E-state index in [1.165, 1.54) is 40.8 Å². The molecule has 0 aliphatic rings. The van der Waals surface area contributed by atoms with Crippen molar-refractivity contribution in [2.45, 2.75) is 1.66 Å². The van der Waals surface area contributed by atoms with Crippen LogP contribution in [0.15, 0.2) is 24.3 Å². The highest BCUT2D eigenvalue weighted by atomic mass is 127. The minimum absolute atomic E-state index is 0.0408. The molecule has 0 aromatic heterocycles. The van der Waals surface area contributed by atoms with Crippen LogP contribution in [0.2, 0.25) is 0 Å². The quantitative estimate of drug-likeness (QED) is 0.232. The van der Waals surface area contributed by atoms with Crippen molar-refractivity contribution in [1.82, 2.24) is 0 Å². The fraction of sp³-hybridized carbons (Fsp3) is 0.222. The average Bonchev–Trinajstić information content (AvgIpc) is 2.26. The number of benzene rings is 1. The van der Waals surface area contributed by atoms with Gasteiger partial charge in [-0.2, -0.15) is 0 Å². The van der Waals surface area contributed by atoms with E-state index in [-0.39, 0.29) is 11.3 Å². The lowest BCUT2D eigenvalue weighted by atomic mass is 10.1. The van der Waals surface area contributed by atoms with Gasteiger partial charge in [-0.15, -0.1) is 0 Å². The summed E-state index contributed by atoms with van der Waals surface area (Å²) in [5.74, 6) is -0.755. The normalized spacial score (nSPS) is 14.8. The Morgan fingerprint density at radius 1 is 1.50 bits per heavy atom. The smallest absolute Gasteiger partial charge is 0.270 e. The van der Waals surface area contributed by atoms with Crippen molar-refractivity contribution < 1.29 is 18.1 Å². The van der Waals surface area contributed by atoms with Crippen LogP contribution in [-0.4, -0.2) is 27.0 Å². The first kappa shape index (κ1) is 15.5. The van der Waals surface area contributed by atoms with Gasteiger partial charge in [-0.3, -0.25) is 14.9 Å². The van der Waals surface area contributed by atoms with Gasteiger partial charge in [-0.1, -0.05) is 12.1 Å². The number of nitro groups is 1. The largest absolute Gasteiger partial charge is 0.290 e. The van der Waals surface area contributed by atoms with Gasteiger partial charge in [0.25, 0.3) is 5.69 Å². The van der Waals surface area contributed by atoms with E-state index in [0.29, 0.717) is 0 Å². The fourth-order valence-electron chi connectivity index (χ4n) is 1.10. The first-order valence-electron chi connectivity index (χ1n) is 4.44. The standard InChI is InChI=1S/C9H7BrINO5S/c1-18(16,17)9(10,11)8(13)6-3-2-4-7(5-6)12(14)15/h2-5H,1H3. The van der Waals surface area contributed by atoms with E-state index in [0.717, 1.165) is 12.3 Å². The van der Waals surface area contributed by atoms with E-state index in [1.807, 2.05) is 0 Å². The summed E-state index contributed by atoms with van der Waals surface area (Å²) in [6.07, 6.45) is 0.906. The minimum Gasteiger partial charge on any atom is -0.290 e. The van der Waals surface area contributed by atoms with Crippen LogP contribution < -0.4 is 0 Å². The third-order valence-electron chi connectivity index (χ3n) is 2.05. The van der Waals surface area contributed by atoms with E-state index in [9.17, 15) is 23.3 Å². The maximum Gasteiger partial charge on any atom is 0.270 e. The Bertz CT molecular complexity index is 613. The van der Waals surface area contributed by atoms with Crippen LogP contribution in [-0.2, 0) is 9.84 Å². The number of nitro benzene ring substituents is 1. The first-order chi connectivity index (χ1) is 8.07. The molecular formula is C9H7BrINO5S. The molecule has 1 rings (SSSR count). The van der Waals surface area contributed by atoms with Gasteiger partial charge in [0.1, 0.15) is 0 Å². The van der Waals surface area contributed by atoms with Gasteiger partial charge in [0.2, 0.25) is 7.45 Å². The summed E-state index contributed by atoms with van der Waals surface area (Å²) in [5.41, 5.74) is -0.310. The molecule has 98 valence electrons. The maximum atomic E-state index is 12.0. The highest BCUT2D eigenvalue weighted by Gasteiger charge is 2.43. The van der Waals surface area contributed by atoms with Crippen molar-refractivity contribution in [2.24, 2.45) is 0 Å². The van der Waals surface area contributed by atoms with Crippen LogP contribution in [0.4, 0.5) is 5.69 Å². The lowest BCUT2D eigenvalue weighted by Crippen LogP contribution is -2.33. The van der Waals surface area contributed by atoms with Gasteiger partial charge in [-0.25, -0.2) is 8.42 Å². The van der Waals surface area contributed by atoms with Gasteiger partial charge in [0.05, 0.1) is 4.92 Å². The zero-order valence-electron chi connectivity index (χ0n) is 8.96. The number of nitrogens with zero attached hydrogens (tertiary/aromatic N) is 1. The first-order valence-corrected chi connectivity index (χ1v) is 8.20. The Balaban J connectivity index is 3.28. The molecule has 0 radical (unpaired) electrons. The molecule has 0 aliphatic heterocycles. The summed E-state index contributed by atoms with van der Waals surface area (Å²) in [4.78, 5) is 22.0. The monoisotopic (exact) mass is 447 g/mol. The van der Waals surface area contributed by atoms with Crippen LogP contribution in [0.1, 0.15) is 10.4 Å². The molecule has 1 unspecified atom stereocenters.